The van der Waals surface area contributed by atoms with Crippen molar-refractivity contribution in [3.8, 4) is 5.75 Å². The van der Waals surface area contributed by atoms with Gasteiger partial charge in [-0.3, -0.25) is 19.3 Å². The summed E-state index contributed by atoms with van der Waals surface area (Å²) in [6, 6.07) is -0.349. The van der Waals surface area contributed by atoms with Crippen LogP contribution in [0.2, 0.25) is 0 Å². The van der Waals surface area contributed by atoms with Crippen LogP contribution < -0.4 is 11.1 Å². The number of allylic oxidation sites excluding steroid dienone is 1. The van der Waals surface area contributed by atoms with Crippen molar-refractivity contribution in [2.24, 2.45) is 23.0 Å². The maximum Gasteiger partial charge on any atom is 0.417 e. The molecule has 13 heteroatoms. The van der Waals surface area contributed by atoms with E-state index >= 15 is 0 Å². The predicted octanol–water partition coefficient (Wildman–Crippen LogP) is 2.81. The SMILES string of the molecule is CCC1(CNCc2cc(O)c3c(c2C(F)(F)F)C[C@H]2C[C@H]4[C@H](N(C)C)C(O)=C(C(N)=O)C(=O)[C@@]4(O)C(O)=C2C3=O)CCC1. The number of hydrogen-bond acceptors (Lipinski definition) is 9. The smallest absolute Gasteiger partial charge is 0.417 e. The molecule has 1 aromatic rings. The Morgan fingerprint density at radius 1 is 1.19 bits per heavy atom. The lowest BCUT2D eigenvalue weighted by Gasteiger charge is -2.50. The number of likely N-dealkylation sites (N-methyl/N-ethyl adjacent to an activating group) is 1. The Balaban J connectivity index is 1.62. The van der Waals surface area contributed by atoms with E-state index in [0.29, 0.717) is 6.54 Å². The van der Waals surface area contributed by atoms with Crippen LogP contribution in [0.15, 0.2) is 28.7 Å². The third kappa shape index (κ3) is 4.54. The van der Waals surface area contributed by atoms with Crippen molar-refractivity contribution in [2.45, 2.75) is 69.8 Å². The first kappa shape index (κ1) is 31.0. The molecule has 0 bridgehead atoms. The van der Waals surface area contributed by atoms with Gasteiger partial charge in [0.15, 0.2) is 11.4 Å². The molecule has 1 amide bonds. The molecule has 0 heterocycles. The van der Waals surface area contributed by atoms with E-state index < -0.39 is 98.7 Å². The number of phenolic OH excluding ortho intramolecular Hbond substituents is 1. The summed E-state index contributed by atoms with van der Waals surface area (Å²) in [6.07, 6.45) is -1.74. The number of nitrogens with one attached hydrogen (secondary N) is 1. The van der Waals surface area contributed by atoms with E-state index in [9.17, 15) is 48.0 Å². The minimum atomic E-state index is -4.89. The first-order valence-corrected chi connectivity index (χ1v) is 14.3. The fraction of sp³-hybridized carbons (Fsp3) is 0.567. The van der Waals surface area contributed by atoms with Gasteiger partial charge in [0.2, 0.25) is 5.78 Å². The zero-order valence-electron chi connectivity index (χ0n) is 24.1. The van der Waals surface area contributed by atoms with Gasteiger partial charge in [-0.2, -0.15) is 13.2 Å². The monoisotopic (exact) mass is 607 g/mol. The van der Waals surface area contributed by atoms with Crippen molar-refractivity contribution in [1.29, 1.82) is 0 Å². The molecule has 0 aliphatic heterocycles. The summed E-state index contributed by atoms with van der Waals surface area (Å²) < 4.78 is 44.0. The second-order valence-corrected chi connectivity index (χ2v) is 12.6. The first-order chi connectivity index (χ1) is 20.0. The number of aromatic hydroxyl groups is 1. The van der Waals surface area contributed by atoms with Crippen LogP contribution in [0.1, 0.15) is 66.1 Å². The summed E-state index contributed by atoms with van der Waals surface area (Å²) in [5, 5.41) is 47.8. The first-order valence-electron chi connectivity index (χ1n) is 14.3. The molecule has 0 aromatic heterocycles. The molecule has 0 saturated heterocycles. The summed E-state index contributed by atoms with van der Waals surface area (Å²) in [5.41, 5.74) is -1.38. The third-order valence-electron chi connectivity index (χ3n) is 10.1. The molecule has 4 atom stereocenters. The molecule has 1 saturated carbocycles. The van der Waals surface area contributed by atoms with Gasteiger partial charge in [0.05, 0.1) is 17.2 Å². The summed E-state index contributed by atoms with van der Waals surface area (Å²) in [4.78, 5) is 40.6. The Bertz CT molecular complexity index is 1470. The van der Waals surface area contributed by atoms with Crippen LogP contribution in [0.25, 0.3) is 0 Å². The zero-order valence-corrected chi connectivity index (χ0v) is 24.1. The Kier molecular flexibility index (Phi) is 7.46. The minimum Gasteiger partial charge on any atom is -0.510 e. The maximum atomic E-state index is 14.7. The van der Waals surface area contributed by atoms with Crippen LogP contribution in [-0.2, 0) is 28.7 Å². The molecule has 1 aromatic carbocycles. The number of primary amides is 1. The van der Waals surface area contributed by atoms with Gasteiger partial charge < -0.3 is 31.5 Å². The molecular weight excluding hydrogens is 571 g/mol. The number of alkyl halides is 3. The van der Waals surface area contributed by atoms with Gasteiger partial charge in [-0.05, 0) is 74.7 Å². The summed E-state index contributed by atoms with van der Waals surface area (Å²) >= 11 is 0. The van der Waals surface area contributed by atoms with Gasteiger partial charge in [0, 0.05) is 24.6 Å². The van der Waals surface area contributed by atoms with Gasteiger partial charge in [-0.15, -0.1) is 0 Å². The van der Waals surface area contributed by atoms with E-state index in [-0.39, 0.29) is 23.9 Å². The largest absolute Gasteiger partial charge is 0.510 e. The Morgan fingerprint density at radius 3 is 2.35 bits per heavy atom. The Hall–Kier alpha value is -3.42. The number of Topliss-reactive ketones (excluding diaryl/α,β-unsaturated/α-hetero) is 2. The summed E-state index contributed by atoms with van der Waals surface area (Å²) in [5.74, 6) is -8.98. The highest BCUT2D eigenvalue weighted by Gasteiger charge is 2.63. The number of hydrogen-bond donors (Lipinski definition) is 6. The number of halogens is 3. The Labute approximate surface area is 246 Å². The van der Waals surface area contributed by atoms with Crippen molar-refractivity contribution in [3.63, 3.8) is 0 Å². The van der Waals surface area contributed by atoms with Crippen molar-refractivity contribution in [3.05, 3.63) is 51.0 Å². The average molecular weight is 608 g/mol. The number of nitrogens with two attached hydrogens (primary N) is 1. The van der Waals surface area contributed by atoms with E-state index in [0.717, 1.165) is 31.7 Å². The van der Waals surface area contributed by atoms with Crippen LogP contribution in [0.3, 0.4) is 0 Å². The minimum absolute atomic E-state index is 0.0233. The number of carbonyl (C=O) groups is 3. The topological polar surface area (TPSA) is 173 Å². The highest BCUT2D eigenvalue weighted by molar-refractivity contribution is 6.24. The molecule has 7 N–H and O–H groups in total. The second-order valence-electron chi connectivity index (χ2n) is 12.6. The van der Waals surface area contributed by atoms with Crippen molar-refractivity contribution in [2.75, 3.05) is 20.6 Å². The van der Waals surface area contributed by atoms with Crippen LogP contribution in [-0.4, -0.2) is 75.1 Å². The number of nitrogens with zero attached hydrogens (tertiary/aromatic N) is 1. The van der Waals surface area contributed by atoms with Gasteiger partial charge in [-0.25, -0.2) is 0 Å². The van der Waals surface area contributed by atoms with E-state index in [4.69, 9.17) is 5.73 Å². The van der Waals surface area contributed by atoms with E-state index in [1.807, 2.05) is 6.92 Å². The number of phenols is 1. The zero-order chi connectivity index (χ0) is 31.8. The number of benzene rings is 1. The molecule has 10 nitrogen and oxygen atoms in total. The number of carbonyl (C=O) groups excluding carboxylic acids is 3. The number of fused-ring (bicyclic) bond motifs is 3. The fourth-order valence-electron chi connectivity index (χ4n) is 7.68. The molecule has 234 valence electrons. The van der Waals surface area contributed by atoms with Gasteiger partial charge in [0.1, 0.15) is 22.8 Å². The fourth-order valence-corrected chi connectivity index (χ4v) is 7.68. The van der Waals surface area contributed by atoms with Gasteiger partial charge in [-0.1, -0.05) is 13.3 Å². The molecular formula is C30H36F3N3O7. The number of amides is 1. The van der Waals surface area contributed by atoms with Crippen LogP contribution in [0.5, 0.6) is 5.75 Å². The second kappa shape index (κ2) is 10.3. The van der Waals surface area contributed by atoms with E-state index in [2.05, 4.69) is 5.32 Å². The normalized spacial score (nSPS) is 28.4. The Morgan fingerprint density at radius 2 is 1.84 bits per heavy atom. The quantitative estimate of drug-likeness (QED) is 0.255. The molecule has 0 spiro atoms. The number of aliphatic hydroxyl groups is 3. The van der Waals surface area contributed by atoms with E-state index in [1.54, 1.807) is 0 Å². The molecule has 4 aliphatic rings. The number of ketones is 2. The summed E-state index contributed by atoms with van der Waals surface area (Å²) in [7, 11) is 2.94. The van der Waals surface area contributed by atoms with Crippen molar-refractivity contribution >= 4 is 17.5 Å². The molecule has 0 unspecified atom stereocenters. The van der Waals surface area contributed by atoms with Crippen LogP contribution >= 0.6 is 0 Å². The van der Waals surface area contributed by atoms with Crippen LogP contribution in [0, 0.1) is 17.3 Å². The molecule has 5 rings (SSSR count). The highest BCUT2D eigenvalue weighted by Crippen LogP contribution is 2.54. The lowest BCUT2D eigenvalue weighted by atomic mass is 9.58. The predicted molar refractivity (Wildman–Crippen MR) is 147 cm³/mol. The highest BCUT2D eigenvalue weighted by atomic mass is 19.4. The number of aliphatic hydroxyl groups excluding tert-OH is 2. The molecule has 1 fully saturated rings. The molecule has 0 radical (unpaired) electrons. The standard InChI is InChI=1S/C30H36F3N3O7/c1-4-28(6-5-7-28)12-35-11-14-10-17(37)19-15(21(14)30(31,32)33)8-13-9-16-22(36(2)3)24(39)20(27(34)42)26(41)29(16,43)25(40)18(13)23(19)38/h10,13,16,22,35,37,39-40,43H,4-9,11-12H2,1-3H3,(H2,34,42)/t13-,16-,22-,29-/m0/s1. The van der Waals surface area contributed by atoms with Crippen molar-refractivity contribution < 1.29 is 48.0 Å². The van der Waals surface area contributed by atoms with Gasteiger partial charge >= 0.3 is 6.18 Å². The summed E-state index contributed by atoms with van der Waals surface area (Å²) in [6.45, 7) is 2.35. The van der Waals surface area contributed by atoms with Crippen molar-refractivity contribution in [1.82, 2.24) is 10.2 Å². The maximum absolute atomic E-state index is 14.7. The lowest BCUT2D eigenvalue weighted by Crippen LogP contribution is -2.63. The molecule has 4 aliphatic carbocycles. The van der Waals surface area contributed by atoms with E-state index in [1.165, 1.54) is 19.0 Å². The van der Waals surface area contributed by atoms with Gasteiger partial charge in [0.25, 0.3) is 5.91 Å². The lowest BCUT2D eigenvalue weighted by molar-refractivity contribution is -0.148. The van der Waals surface area contributed by atoms with Crippen LogP contribution in [0.4, 0.5) is 13.2 Å². The molecule has 43 heavy (non-hydrogen) atoms. The average Bonchev–Trinajstić information content (AvgIpc) is 2.86. The third-order valence-corrected chi connectivity index (χ3v) is 10.1. The number of rotatable bonds is 7.